The predicted molar refractivity (Wildman–Crippen MR) is 95.6 cm³/mol. The maximum atomic E-state index is 12.6. The molecule has 2 heterocycles. The zero-order valence-corrected chi connectivity index (χ0v) is 14.8. The standard InChI is InChI=1S/C19H24N2OS/c1-13-10-14(12-19(2,3)11-13)21-18(22)17-8-7-16(23-17)15-6-4-5-9-20-15/h4-9,13-14H,10-12H2,1-3H3,(H,21,22). The van der Waals surface area contributed by atoms with E-state index in [2.05, 4.69) is 31.1 Å². The molecule has 1 amide bonds. The molecule has 2 atom stereocenters. The maximum absolute atomic E-state index is 12.6. The van der Waals surface area contributed by atoms with E-state index in [0.717, 1.165) is 28.3 Å². The van der Waals surface area contributed by atoms with Crippen LogP contribution in [0.5, 0.6) is 0 Å². The Bertz CT molecular complexity index is 678. The van der Waals surface area contributed by atoms with Gasteiger partial charge in [0.05, 0.1) is 15.4 Å². The van der Waals surface area contributed by atoms with Gasteiger partial charge in [0.25, 0.3) is 5.91 Å². The van der Waals surface area contributed by atoms with E-state index >= 15 is 0 Å². The number of carbonyl (C=O) groups excluding carboxylic acids is 1. The van der Waals surface area contributed by atoms with Crippen LogP contribution in [0.4, 0.5) is 0 Å². The number of rotatable bonds is 3. The molecule has 122 valence electrons. The minimum absolute atomic E-state index is 0.0482. The number of thiophene rings is 1. The Labute approximate surface area is 142 Å². The van der Waals surface area contributed by atoms with Gasteiger partial charge in [0.2, 0.25) is 0 Å². The smallest absolute Gasteiger partial charge is 0.261 e. The fourth-order valence-electron chi connectivity index (χ4n) is 3.82. The molecule has 2 unspecified atom stereocenters. The van der Waals surface area contributed by atoms with Crippen LogP contribution >= 0.6 is 11.3 Å². The summed E-state index contributed by atoms with van der Waals surface area (Å²) in [5.41, 5.74) is 1.23. The fraction of sp³-hybridized carbons (Fsp3) is 0.474. The van der Waals surface area contributed by atoms with E-state index in [-0.39, 0.29) is 11.9 Å². The van der Waals surface area contributed by atoms with Gasteiger partial charge in [-0.2, -0.15) is 0 Å². The number of nitrogens with one attached hydrogen (secondary N) is 1. The highest BCUT2D eigenvalue weighted by Gasteiger charge is 2.32. The number of pyridine rings is 1. The number of hydrogen-bond donors (Lipinski definition) is 1. The van der Waals surface area contributed by atoms with Crippen molar-refractivity contribution in [3.8, 4) is 10.6 Å². The molecule has 2 aromatic rings. The first-order valence-corrected chi connectivity index (χ1v) is 9.07. The quantitative estimate of drug-likeness (QED) is 0.883. The molecule has 1 fully saturated rings. The predicted octanol–water partition coefficient (Wildman–Crippen LogP) is 4.75. The van der Waals surface area contributed by atoms with Crippen LogP contribution in [0.3, 0.4) is 0 Å². The lowest BCUT2D eigenvalue weighted by molar-refractivity contribution is 0.0878. The van der Waals surface area contributed by atoms with Gasteiger partial charge in [0.1, 0.15) is 0 Å². The van der Waals surface area contributed by atoms with Gasteiger partial charge in [0, 0.05) is 12.2 Å². The van der Waals surface area contributed by atoms with Gasteiger partial charge in [0.15, 0.2) is 0 Å². The molecular formula is C19H24N2OS. The monoisotopic (exact) mass is 328 g/mol. The van der Waals surface area contributed by atoms with Crippen molar-refractivity contribution in [3.05, 3.63) is 41.4 Å². The summed E-state index contributed by atoms with van der Waals surface area (Å²) in [7, 11) is 0. The normalized spacial score (nSPS) is 23.4. The van der Waals surface area contributed by atoms with Gasteiger partial charge < -0.3 is 5.32 Å². The highest BCUT2D eigenvalue weighted by Crippen LogP contribution is 2.38. The summed E-state index contributed by atoms with van der Waals surface area (Å²) in [6, 6.07) is 10.0. The van der Waals surface area contributed by atoms with Crippen LogP contribution in [0.1, 0.15) is 49.7 Å². The Hall–Kier alpha value is -1.68. The summed E-state index contributed by atoms with van der Waals surface area (Å²) in [5.74, 6) is 0.712. The van der Waals surface area contributed by atoms with E-state index in [9.17, 15) is 4.79 Å². The van der Waals surface area contributed by atoms with Crippen molar-refractivity contribution in [2.45, 2.75) is 46.1 Å². The van der Waals surface area contributed by atoms with Gasteiger partial charge in [-0.15, -0.1) is 11.3 Å². The molecule has 0 radical (unpaired) electrons. The zero-order valence-electron chi connectivity index (χ0n) is 14.0. The van der Waals surface area contributed by atoms with Gasteiger partial charge in [-0.3, -0.25) is 9.78 Å². The van der Waals surface area contributed by atoms with Gasteiger partial charge in [-0.25, -0.2) is 0 Å². The van der Waals surface area contributed by atoms with Crippen molar-refractivity contribution in [2.24, 2.45) is 11.3 Å². The molecular weight excluding hydrogens is 304 g/mol. The molecule has 4 heteroatoms. The SMILES string of the molecule is CC1CC(NC(=O)c2ccc(-c3ccccn3)s2)CC(C)(C)C1. The van der Waals surface area contributed by atoms with E-state index in [0.29, 0.717) is 11.3 Å². The molecule has 0 aromatic carbocycles. The zero-order chi connectivity index (χ0) is 16.4. The Kier molecular flexibility index (Phi) is 4.53. The number of nitrogens with zero attached hydrogens (tertiary/aromatic N) is 1. The maximum Gasteiger partial charge on any atom is 0.261 e. The molecule has 3 nitrogen and oxygen atoms in total. The third-order valence-electron chi connectivity index (χ3n) is 4.47. The molecule has 1 saturated carbocycles. The topological polar surface area (TPSA) is 42.0 Å². The molecule has 0 saturated heterocycles. The van der Waals surface area contributed by atoms with E-state index in [4.69, 9.17) is 0 Å². The molecule has 1 N–H and O–H groups in total. The van der Waals surface area contributed by atoms with Crippen LogP contribution in [-0.2, 0) is 0 Å². The van der Waals surface area contributed by atoms with Gasteiger partial charge in [-0.05, 0) is 54.9 Å². The first kappa shape index (κ1) is 16.2. The first-order valence-electron chi connectivity index (χ1n) is 8.25. The van der Waals surface area contributed by atoms with Crippen molar-refractivity contribution < 1.29 is 4.79 Å². The van der Waals surface area contributed by atoms with Crippen molar-refractivity contribution in [1.82, 2.24) is 10.3 Å². The summed E-state index contributed by atoms with van der Waals surface area (Å²) in [5, 5.41) is 3.24. The van der Waals surface area contributed by atoms with E-state index < -0.39 is 0 Å². The van der Waals surface area contributed by atoms with Gasteiger partial charge in [-0.1, -0.05) is 26.8 Å². The summed E-state index contributed by atoms with van der Waals surface area (Å²) in [6.45, 7) is 6.88. The number of carbonyl (C=O) groups is 1. The van der Waals surface area contributed by atoms with Gasteiger partial charge >= 0.3 is 0 Å². The molecule has 1 aliphatic carbocycles. The summed E-state index contributed by atoms with van der Waals surface area (Å²) < 4.78 is 0. The average molecular weight is 328 g/mol. The van der Waals surface area contributed by atoms with E-state index in [1.807, 2.05) is 30.3 Å². The van der Waals surface area contributed by atoms with Crippen LogP contribution in [0.25, 0.3) is 10.6 Å². The van der Waals surface area contributed by atoms with Crippen LogP contribution in [0, 0.1) is 11.3 Å². The summed E-state index contributed by atoms with van der Waals surface area (Å²) in [4.78, 5) is 18.7. The second kappa shape index (κ2) is 6.44. The largest absolute Gasteiger partial charge is 0.349 e. The summed E-state index contributed by atoms with van der Waals surface area (Å²) in [6.07, 6.45) is 5.15. The number of amides is 1. The third kappa shape index (κ3) is 3.99. The Morgan fingerprint density at radius 2 is 2.09 bits per heavy atom. The highest BCUT2D eigenvalue weighted by molar-refractivity contribution is 7.17. The minimum atomic E-state index is 0.0482. The molecule has 0 aliphatic heterocycles. The fourth-order valence-corrected chi connectivity index (χ4v) is 4.70. The average Bonchev–Trinajstić information content (AvgIpc) is 2.96. The van der Waals surface area contributed by atoms with Crippen LogP contribution < -0.4 is 5.32 Å². The van der Waals surface area contributed by atoms with Crippen molar-refractivity contribution >= 4 is 17.2 Å². The lowest BCUT2D eigenvalue weighted by Crippen LogP contribution is -2.42. The lowest BCUT2D eigenvalue weighted by Gasteiger charge is -2.39. The number of hydrogen-bond acceptors (Lipinski definition) is 3. The second-order valence-corrected chi connectivity index (χ2v) is 8.55. The minimum Gasteiger partial charge on any atom is -0.349 e. The third-order valence-corrected chi connectivity index (χ3v) is 5.58. The molecule has 1 aliphatic rings. The Morgan fingerprint density at radius 1 is 1.26 bits per heavy atom. The Morgan fingerprint density at radius 3 is 2.78 bits per heavy atom. The van der Waals surface area contributed by atoms with Crippen LogP contribution in [0.2, 0.25) is 0 Å². The lowest BCUT2D eigenvalue weighted by atomic mass is 9.70. The van der Waals surface area contributed by atoms with E-state index in [1.165, 1.54) is 17.8 Å². The van der Waals surface area contributed by atoms with E-state index in [1.54, 1.807) is 6.20 Å². The summed E-state index contributed by atoms with van der Waals surface area (Å²) >= 11 is 1.51. The Balaban J connectivity index is 1.68. The highest BCUT2D eigenvalue weighted by atomic mass is 32.1. The molecule has 3 rings (SSSR count). The molecule has 0 spiro atoms. The molecule has 0 bridgehead atoms. The second-order valence-electron chi connectivity index (χ2n) is 7.46. The molecule has 2 aromatic heterocycles. The van der Waals surface area contributed by atoms with Crippen LogP contribution in [-0.4, -0.2) is 16.9 Å². The van der Waals surface area contributed by atoms with Crippen molar-refractivity contribution in [1.29, 1.82) is 0 Å². The van der Waals surface area contributed by atoms with Crippen LogP contribution in [0.15, 0.2) is 36.5 Å². The van der Waals surface area contributed by atoms with Crippen molar-refractivity contribution in [3.63, 3.8) is 0 Å². The van der Waals surface area contributed by atoms with Crippen molar-refractivity contribution in [2.75, 3.05) is 0 Å². The molecule has 23 heavy (non-hydrogen) atoms. The first-order chi connectivity index (χ1) is 10.9. The number of aromatic nitrogens is 1.